The fourth-order valence-corrected chi connectivity index (χ4v) is 5.03. The number of amides is 2. The topological polar surface area (TPSA) is 78.7 Å². The maximum atomic E-state index is 14.1. The van der Waals surface area contributed by atoms with Crippen LogP contribution in [0.5, 0.6) is 0 Å². The third-order valence-electron chi connectivity index (χ3n) is 6.81. The molecule has 1 saturated heterocycles. The van der Waals surface area contributed by atoms with E-state index >= 15 is 0 Å². The highest BCUT2D eigenvalue weighted by atomic mass is 19.1. The predicted molar refractivity (Wildman–Crippen MR) is 118 cm³/mol. The molecule has 1 saturated carbocycles. The minimum absolute atomic E-state index is 0.0675. The Labute approximate surface area is 196 Å². The van der Waals surface area contributed by atoms with Crippen LogP contribution in [-0.2, 0) is 4.79 Å². The Bertz CT molecular complexity index is 1030. The molecule has 0 radical (unpaired) electrons. The van der Waals surface area contributed by atoms with Gasteiger partial charge in [-0.2, -0.15) is 0 Å². The summed E-state index contributed by atoms with van der Waals surface area (Å²) in [5, 5.41) is 6.50. The molecule has 1 N–H and O–H groups in total. The highest BCUT2D eigenvalue weighted by Gasteiger charge is 2.38. The van der Waals surface area contributed by atoms with Crippen molar-refractivity contribution in [3.63, 3.8) is 0 Å². The maximum absolute atomic E-state index is 14.1. The Balaban J connectivity index is 1.49. The minimum atomic E-state index is -1.16. The van der Waals surface area contributed by atoms with Gasteiger partial charge in [0.15, 0.2) is 11.5 Å². The molecular formula is C24H29F3N4O3. The molecule has 10 heteroatoms. The van der Waals surface area contributed by atoms with Gasteiger partial charge in [-0.25, -0.2) is 13.2 Å². The average Bonchev–Trinajstić information content (AvgIpc) is 3.28. The second-order valence-corrected chi connectivity index (χ2v) is 9.32. The van der Waals surface area contributed by atoms with E-state index in [1.807, 2.05) is 0 Å². The van der Waals surface area contributed by atoms with Crippen molar-refractivity contribution in [3.05, 3.63) is 41.3 Å². The molecule has 2 heterocycles. The van der Waals surface area contributed by atoms with Gasteiger partial charge < -0.3 is 14.7 Å². The lowest BCUT2D eigenvalue weighted by molar-refractivity contribution is -0.136. The number of carbonyl (C=O) groups is 2. The predicted octanol–water partition coefficient (Wildman–Crippen LogP) is 3.60. The number of hydrogen-bond donors (Lipinski definition) is 1. The van der Waals surface area contributed by atoms with E-state index in [4.69, 9.17) is 4.52 Å². The summed E-state index contributed by atoms with van der Waals surface area (Å²) >= 11 is 0. The zero-order chi connectivity index (χ0) is 24.4. The zero-order valence-corrected chi connectivity index (χ0v) is 19.3. The van der Waals surface area contributed by atoms with E-state index in [0.717, 1.165) is 25.5 Å². The summed E-state index contributed by atoms with van der Waals surface area (Å²) in [5.41, 5.74) is -0.779. The second kappa shape index (κ2) is 10.2. The second-order valence-electron chi connectivity index (χ2n) is 9.32. The summed E-state index contributed by atoms with van der Waals surface area (Å²) in [6, 6.07) is 2.20. The van der Waals surface area contributed by atoms with Crippen LogP contribution < -0.4 is 5.32 Å². The van der Waals surface area contributed by atoms with E-state index in [9.17, 15) is 22.8 Å². The number of benzene rings is 1. The summed E-state index contributed by atoms with van der Waals surface area (Å²) in [4.78, 5) is 29.7. The lowest BCUT2D eigenvalue weighted by atomic mass is 9.86. The van der Waals surface area contributed by atoms with E-state index in [1.165, 1.54) is 24.2 Å². The van der Waals surface area contributed by atoms with Crippen LogP contribution in [0.4, 0.5) is 13.2 Å². The van der Waals surface area contributed by atoms with E-state index in [1.54, 1.807) is 14.1 Å². The van der Waals surface area contributed by atoms with E-state index in [-0.39, 0.29) is 17.4 Å². The number of piperidine rings is 1. The molecule has 1 aromatic heterocycles. The monoisotopic (exact) mass is 478 g/mol. The van der Waals surface area contributed by atoms with Gasteiger partial charge in [0.05, 0.1) is 11.5 Å². The summed E-state index contributed by atoms with van der Waals surface area (Å²) in [6.07, 6.45) is 6.47. The van der Waals surface area contributed by atoms with Gasteiger partial charge in [0.25, 0.3) is 5.91 Å². The van der Waals surface area contributed by atoms with Crippen molar-refractivity contribution in [2.24, 2.45) is 5.92 Å². The molecular weight excluding hydrogens is 449 g/mol. The van der Waals surface area contributed by atoms with Gasteiger partial charge in [0, 0.05) is 57.5 Å². The molecule has 2 fully saturated rings. The van der Waals surface area contributed by atoms with Crippen molar-refractivity contribution in [2.45, 2.75) is 50.6 Å². The minimum Gasteiger partial charge on any atom is -0.355 e. The number of likely N-dealkylation sites (tertiary alicyclic amines) is 1. The van der Waals surface area contributed by atoms with Gasteiger partial charge >= 0.3 is 0 Å². The molecule has 1 aliphatic heterocycles. The van der Waals surface area contributed by atoms with Crippen molar-refractivity contribution in [3.8, 4) is 11.3 Å². The molecule has 2 aromatic rings. The van der Waals surface area contributed by atoms with Gasteiger partial charge in [-0.3, -0.25) is 14.5 Å². The van der Waals surface area contributed by atoms with Gasteiger partial charge in [0.2, 0.25) is 5.91 Å². The van der Waals surface area contributed by atoms with Crippen LogP contribution in [-0.4, -0.2) is 66.0 Å². The fraction of sp³-hybridized carbons (Fsp3) is 0.542. The summed E-state index contributed by atoms with van der Waals surface area (Å²) in [5.74, 6) is -4.80. The third kappa shape index (κ3) is 5.11. The first-order valence-corrected chi connectivity index (χ1v) is 11.6. The molecule has 0 spiro atoms. The summed E-state index contributed by atoms with van der Waals surface area (Å²) < 4.78 is 46.3. The highest BCUT2D eigenvalue weighted by molar-refractivity contribution is 5.94. The van der Waals surface area contributed by atoms with Gasteiger partial charge in [0.1, 0.15) is 17.5 Å². The maximum Gasteiger partial charge on any atom is 0.273 e. The molecule has 7 nitrogen and oxygen atoms in total. The Morgan fingerprint density at radius 3 is 2.38 bits per heavy atom. The Morgan fingerprint density at radius 1 is 1.06 bits per heavy atom. The van der Waals surface area contributed by atoms with Crippen LogP contribution in [0, 0.1) is 23.4 Å². The average molecular weight is 479 g/mol. The number of nitrogens with one attached hydrogen (secondary N) is 1. The van der Waals surface area contributed by atoms with Crippen LogP contribution in [0.2, 0.25) is 0 Å². The fourth-order valence-electron chi connectivity index (χ4n) is 5.03. The first kappa shape index (κ1) is 24.3. The molecule has 2 aliphatic rings. The van der Waals surface area contributed by atoms with Crippen LogP contribution in [0.1, 0.15) is 49.0 Å². The normalized spacial score (nSPS) is 21.9. The standard InChI is InChI=1S/C24H29F3N4O3/c1-30(2)24(33)16-13-31(15-6-4-3-5-7-15)9-8-19(16)28-23(32)20-12-21(34-29-20)22-17(26)10-14(25)11-18(22)27/h10-12,15-16,19H,3-9,13H2,1-2H3,(H,28,32)/t16-,19-/m1/s1. The molecule has 0 unspecified atom stereocenters. The largest absolute Gasteiger partial charge is 0.355 e. The molecule has 2 amide bonds. The molecule has 184 valence electrons. The quantitative estimate of drug-likeness (QED) is 0.711. The third-order valence-corrected chi connectivity index (χ3v) is 6.81. The molecule has 4 rings (SSSR count). The molecule has 34 heavy (non-hydrogen) atoms. The van der Waals surface area contributed by atoms with Crippen molar-refractivity contribution in [1.29, 1.82) is 0 Å². The lowest BCUT2D eigenvalue weighted by Crippen LogP contribution is -2.57. The van der Waals surface area contributed by atoms with Crippen LogP contribution in [0.25, 0.3) is 11.3 Å². The Hall–Kier alpha value is -2.88. The number of rotatable bonds is 5. The Morgan fingerprint density at radius 2 is 1.74 bits per heavy atom. The van der Waals surface area contributed by atoms with Crippen molar-refractivity contribution >= 4 is 11.8 Å². The zero-order valence-electron chi connectivity index (χ0n) is 19.3. The van der Waals surface area contributed by atoms with Gasteiger partial charge in [-0.05, 0) is 19.3 Å². The van der Waals surface area contributed by atoms with Crippen molar-refractivity contribution < 1.29 is 27.3 Å². The van der Waals surface area contributed by atoms with E-state index in [0.29, 0.717) is 31.1 Å². The van der Waals surface area contributed by atoms with Crippen LogP contribution in [0.15, 0.2) is 22.7 Å². The van der Waals surface area contributed by atoms with Crippen molar-refractivity contribution in [2.75, 3.05) is 27.2 Å². The number of nitrogens with zero attached hydrogens (tertiary/aromatic N) is 3. The highest BCUT2D eigenvalue weighted by Crippen LogP contribution is 2.30. The summed E-state index contributed by atoms with van der Waals surface area (Å²) in [6.45, 7) is 1.32. The number of halogens is 3. The van der Waals surface area contributed by atoms with Crippen LogP contribution in [0.3, 0.4) is 0 Å². The van der Waals surface area contributed by atoms with Gasteiger partial charge in [-0.1, -0.05) is 24.4 Å². The van der Waals surface area contributed by atoms with Crippen LogP contribution >= 0.6 is 0 Å². The van der Waals surface area contributed by atoms with Crippen molar-refractivity contribution in [1.82, 2.24) is 20.3 Å². The SMILES string of the molecule is CN(C)C(=O)[C@@H]1CN(C2CCCCC2)CC[C@H]1NC(=O)c1cc(-c2c(F)cc(F)cc2F)on1. The lowest BCUT2D eigenvalue weighted by Gasteiger charge is -2.43. The molecule has 1 aliphatic carbocycles. The molecule has 2 atom stereocenters. The van der Waals surface area contributed by atoms with Gasteiger partial charge in [-0.15, -0.1) is 0 Å². The number of carbonyl (C=O) groups excluding carboxylic acids is 2. The molecule has 1 aromatic carbocycles. The smallest absolute Gasteiger partial charge is 0.273 e. The number of hydrogen-bond acceptors (Lipinski definition) is 5. The summed E-state index contributed by atoms with van der Waals surface area (Å²) in [7, 11) is 3.38. The first-order chi connectivity index (χ1) is 16.2. The molecule has 0 bridgehead atoms. The first-order valence-electron chi connectivity index (χ1n) is 11.6. The number of aromatic nitrogens is 1. The van der Waals surface area contributed by atoms with E-state index in [2.05, 4.69) is 15.4 Å². The Kier molecular flexibility index (Phi) is 7.25. The van der Waals surface area contributed by atoms with E-state index < -0.39 is 40.9 Å².